The van der Waals surface area contributed by atoms with Crippen LogP contribution in [0.15, 0.2) is 0 Å². The van der Waals surface area contributed by atoms with Crippen molar-refractivity contribution in [1.29, 1.82) is 0 Å². The fraction of sp³-hybridized carbons (Fsp3) is 0.882. The summed E-state index contributed by atoms with van der Waals surface area (Å²) in [7, 11) is 0. The third-order valence-electron chi connectivity index (χ3n) is 5.66. The van der Waals surface area contributed by atoms with Gasteiger partial charge in [-0.15, -0.1) is 0 Å². The molecule has 0 bridgehead atoms. The predicted octanol–water partition coefficient (Wildman–Crippen LogP) is 4.25. The van der Waals surface area contributed by atoms with Crippen LogP contribution in [0, 0.1) is 34.0 Å². The maximum atomic E-state index is 10.6. The molecule has 0 radical (unpaired) electrons. The van der Waals surface area contributed by atoms with Gasteiger partial charge in [0, 0.05) is 5.92 Å². The van der Waals surface area contributed by atoms with E-state index in [1.807, 2.05) is 0 Å². The molecule has 1 saturated carbocycles. The van der Waals surface area contributed by atoms with Gasteiger partial charge < -0.3 is 5.11 Å². The van der Waals surface area contributed by atoms with E-state index in [4.69, 9.17) is 0 Å². The summed E-state index contributed by atoms with van der Waals surface area (Å²) in [6, 6.07) is 0. The Kier molecular flexibility index (Phi) is 4.23. The Labute approximate surface area is 113 Å². The third kappa shape index (κ3) is 1.90. The lowest BCUT2D eigenvalue weighted by molar-refractivity contribution is 0.0843. The van der Waals surface area contributed by atoms with Crippen LogP contribution in [0.4, 0.5) is 0 Å². The molecule has 0 aromatic rings. The first-order valence-electron chi connectivity index (χ1n) is 7.39. The first kappa shape index (κ1) is 15.6. The van der Waals surface area contributed by atoms with Crippen LogP contribution in [0.1, 0.15) is 67.7 Å². The normalized spacial score (nSPS) is 25.8. The molecular formula is C17H30O. The monoisotopic (exact) mass is 250 g/mol. The number of aliphatic hydroxyl groups is 1. The van der Waals surface area contributed by atoms with Gasteiger partial charge in [-0.05, 0) is 23.7 Å². The van der Waals surface area contributed by atoms with Crippen molar-refractivity contribution in [2.24, 2.45) is 22.2 Å². The molecule has 2 unspecified atom stereocenters. The fourth-order valence-corrected chi connectivity index (χ4v) is 3.41. The molecule has 1 aliphatic carbocycles. The van der Waals surface area contributed by atoms with E-state index in [2.05, 4.69) is 60.3 Å². The molecule has 0 aliphatic heterocycles. The van der Waals surface area contributed by atoms with E-state index >= 15 is 0 Å². The van der Waals surface area contributed by atoms with E-state index in [-0.39, 0.29) is 22.3 Å². The van der Waals surface area contributed by atoms with Crippen molar-refractivity contribution in [1.82, 2.24) is 0 Å². The van der Waals surface area contributed by atoms with Gasteiger partial charge in [0.15, 0.2) is 0 Å². The van der Waals surface area contributed by atoms with Gasteiger partial charge in [0.2, 0.25) is 0 Å². The van der Waals surface area contributed by atoms with Crippen LogP contribution in [-0.4, -0.2) is 11.2 Å². The molecule has 104 valence electrons. The standard InChI is InChI=1S/C17H30O/c1-8-10-14(18)17(12-11-13(3)9-2)15(4,5)16(17,6)7/h13-14,18H,8-10H2,1-7H3. The van der Waals surface area contributed by atoms with Gasteiger partial charge in [0.25, 0.3) is 0 Å². The molecule has 0 spiro atoms. The van der Waals surface area contributed by atoms with Crippen molar-refractivity contribution in [3.8, 4) is 11.8 Å². The molecular weight excluding hydrogens is 220 g/mol. The van der Waals surface area contributed by atoms with Crippen LogP contribution < -0.4 is 0 Å². The number of aliphatic hydroxyl groups excluding tert-OH is 1. The average Bonchev–Trinajstić information content (AvgIpc) is 2.63. The van der Waals surface area contributed by atoms with E-state index < -0.39 is 0 Å². The van der Waals surface area contributed by atoms with Crippen LogP contribution in [-0.2, 0) is 0 Å². The number of hydrogen-bond acceptors (Lipinski definition) is 1. The van der Waals surface area contributed by atoms with E-state index in [0.717, 1.165) is 19.3 Å². The van der Waals surface area contributed by atoms with E-state index in [1.165, 1.54) is 0 Å². The summed E-state index contributed by atoms with van der Waals surface area (Å²) in [6.07, 6.45) is 2.64. The molecule has 0 aromatic heterocycles. The van der Waals surface area contributed by atoms with Gasteiger partial charge in [-0.25, -0.2) is 0 Å². The van der Waals surface area contributed by atoms with Crippen LogP contribution >= 0.6 is 0 Å². The predicted molar refractivity (Wildman–Crippen MR) is 78.1 cm³/mol. The lowest BCUT2D eigenvalue weighted by Crippen LogP contribution is -2.27. The Hall–Kier alpha value is -0.480. The maximum absolute atomic E-state index is 10.6. The zero-order valence-corrected chi connectivity index (χ0v) is 13.2. The van der Waals surface area contributed by atoms with E-state index in [1.54, 1.807) is 0 Å². The fourth-order valence-electron chi connectivity index (χ4n) is 3.41. The average molecular weight is 250 g/mol. The lowest BCUT2D eigenvalue weighted by atomic mass is 9.85. The quantitative estimate of drug-likeness (QED) is 0.740. The third-order valence-corrected chi connectivity index (χ3v) is 5.66. The van der Waals surface area contributed by atoms with Crippen molar-refractivity contribution in [3.05, 3.63) is 0 Å². The second-order valence-corrected chi connectivity index (χ2v) is 6.94. The van der Waals surface area contributed by atoms with Crippen molar-refractivity contribution in [2.75, 3.05) is 0 Å². The van der Waals surface area contributed by atoms with Gasteiger partial charge >= 0.3 is 0 Å². The van der Waals surface area contributed by atoms with Crippen LogP contribution in [0.25, 0.3) is 0 Å². The van der Waals surface area contributed by atoms with Gasteiger partial charge in [-0.1, -0.05) is 66.7 Å². The molecule has 0 aromatic carbocycles. The first-order chi connectivity index (χ1) is 8.19. The summed E-state index contributed by atoms with van der Waals surface area (Å²) in [5, 5.41) is 10.6. The van der Waals surface area contributed by atoms with Crippen LogP contribution in [0.2, 0.25) is 0 Å². The summed E-state index contributed by atoms with van der Waals surface area (Å²) in [6.45, 7) is 15.4. The Morgan fingerprint density at radius 2 is 1.56 bits per heavy atom. The Bertz CT molecular complexity index is 340. The molecule has 18 heavy (non-hydrogen) atoms. The highest BCUT2D eigenvalue weighted by atomic mass is 16.3. The lowest BCUT2D eigenvalue weighted by Gasteiger charge is -2.22. The van der Waals surface area contributed by atoms with Crippen molar-refractivity contribution < 1.29 is 5.11 Å². The van der Waals surface area contributed by atoms with Gasteiger partial charge in [-0.2, -0.15) is 0 Å². The largest absolute Gasteiger partial charge is 0.392 e. The summed E-state index contributed by atoms with van der Waals surface area (Å²) >= 11 is 0. The molecule has 1 aliphatic rings. The first-order valence-corrected chi connectivity index (χ1v) is 7.39. The van der Waals surface area contributed by atoms with Crippen molar-refractivity contribution in [2.45, 2.75) is 73.8 Å². The van der Waals surface area contributed by atoms with Crippen LogP contribution in [0.3, 0.4) is 0 Å². The molecule has 2 atom stereocenters. The Balaban J connectivity index is 3.10. The smallest absolute Gasteiger partial charge is 0.0716 e. The highest BCUT2D eigenvalue weighted by molar-refractivity contribution is 5.39. The maximum Gasteiger partial charge on any atom is 0.0716 e. The summed E-state index contributed by atoms with van der Waals surface area (Å²) in [5.74, 6) is 7.28. The second kappa shape index (κ2) is 4.89. The highest BCUT2D eigenvalue weighted by Gasteiger charge is 2.79. The van der Waals surface area contributed by atoms with Gasteiger partial charge in [0.1, 0.15) is 0 Å². The molecule has 1 nitrogen and oxygen atoms in total. The van der Waals surface area contributed by atoms with E-state index in [9.17, 15) is 5.11 Å². The molecule has 0 heterocycles. The zero-order chi connectivity index (χ0) is 14.2. The molecule has 1 fully saturated rings. The van der Waals surface area contributed by atoms with Crippen molar-refractivity contribution in [3.63, 3.8) is 0 Å². The number of hydrogen-bond donors (Lipinski definition) is 1. The topological polar surface area (TPSA) is 20.2 Å². The van der Waals surface area contributed by atoms with Gasteiger partial charge in [-0.3, -0.25) is 0 Å². The number of rotatable bonds is 4. The van der Waals surface area contributed by atoms with Crippen molar-refractivity contribution >= 4 is 0 Å². The summed E-state index contributed by atoms with van der Waals surface area (Å²) < 4.78 is 0. The molecule has 1 heteroatoms. The van der Waals surface area contributed by atoms with Crippen LogP contribution in [0.5, 0.6) is 0 Å². The second-order valence-electron chi connectivity index (χ2n) is 6.94. The summed E-state index contributed by atoms with van der Waals surface area (Å²) in [4.78, 5) is 0. The highest BCUT2D eigenvalue weighted by Crippen LogP contribution is 2.79. The summed E-state index contributed by atoms with van der Waals surface area (Å²) in [5.41, 5.74) is -0.0382. The van der Waals surface area contributed by atoms with E-state index in [0.29, 0.717) is 5.92 Å². The molecule has 0 amide bonds. The SMILES string of the molecule is CCCC(O)C1(C#CC(C)CC)C(C)(C)C1(C)C. The molecule has 0 saturated heterocycles. The molecule has 1 rings (SSSR count). The zero-order valence-electron chi connectivity index (χ0n) is 13.2. The molecule has 1 N–H and O–H groups in total. The minimum absolute atomic E-state index is 0.0923. The minimum atomic E-state index is -0.302. The Morgan fingerprint density at radius 3 is 1.89 bits per heavy atom. The Morgan fingerprint density at radius 1 is 1.06 bits per heavy atom. The minimum Gasteiger partial charge on any atom is -0.392 e. The van der Waals surface area contributed by atoms with Gasteiger partial charge in [0.05, 0.1) is 11.5 Å².